The van der Waals surface area contributed by atoms with Crippen LogP contribution in [0.3, 0.4) is 0 Å². The number of hydrogen-bond donors (Lipinski definition) is 1. The van der Waals surface area contributed by atoms with Crippen molar-refractivity contribution >= 4 is 6.21 Å². The number of allylic oxidation sites excluding steroid dienone is 2. The van der Waals surface area contributed by atoms with Crippen LogP contribution >= 0.6 is 0 Å². The van der Waals surface area contributed by atoms with Crippen LogP contribution in [0.5, 0.6) is 0 Å². The predicted octanol–water partition coefficient (Wildman–Crippen LogP) is 0.940. The summed E-state index contributed by atoms with van der Waals surface area (Å²) in [6.07, 6.45) is 1.75. The quantitative estimate of drug-likeness (QED) is 0.504. The third kappa shape index (κ3) is 2.39. The SMILES string of the molecule is CN=C/C(C)=C(/C)N. The normalized spacial score (nSPS) is 14.4. The lowest BCUT2D eigenvalue weighted by molar-refractivity contribution is 1.26. The Morgan fingerprint density at radius 2 is 2.00 bits per heavy atom. The second-order valence-corrected chi connectivity index (χ2v) is 1.75. The van der Waals surface area contributed by atoms with Crippen LogP contribution in [0.15, 0.2) is 16.3 Å². The van der Waals surface area contributed by atoms with Gasteiger partial charge in [-0.1, -0.05) is 0 Å². The van der Waals surface area contributed by atoms with Gasteiger partial charge in [-0.15, -0.1) is 0 Å². The minimum atomic E-state index is 0.829. The van der Waals surface area contributed by atoms with Gasteiger partial charge in [-0.2, -0.15) is 0 Å². The summed E-state index contributed by atoms with van der Waals surface area (Å²) < 4.78 is 0. The number of rotatable bonds is 1. The molecule has 2 N–H and O–H groups in total. The minimum Gasteiger partial charge on any atom is -0.402 e. The molecular formula is C6H12N2. The van der Waals surface area contributed by atoms with Crippen LogP contribution in [0.4, 0.5) is 0 Å². The smallest absolute Gasteiger partial charge is 0.0277 e. The largest absolute Gasteiger partial charge is 0.402 e. The highest BCUT2D eigenvalue weighted by Crippen LogP contribution is 1.90. The second kappa shape index (κ2) is 3.24. The van der Waals surface area contributed by atoms with E-state index in [2.05, 4.69) is 4.99 Å². The van der Waals surface area contributed by atoms with Gasteiger partial charge >= 0.3 is 0 Å². The fourth-order valence-electron chi connectivity index (χ4n) is 0.295. The molecule has 0 unspecified atom stereocenters. The zero-order valence-electron chi connectivity index (χ0n) is 5.60. The first-order valence-electron chi connectivity index (χ1n) is 2.53. The average Bonchev–Trinajstić information content (AvgIpc) is 1.67. The van der Waals surface area contributed by atoms with Gasteiger partial charge in [0.15, 0.2) is 0 Å². The van der Waals surface area contributed by atoms with Crippen molar-refractivity contribution < 1.29 is 0 Å². The van der Waals surface area contributed by atoms with E-state index in [0.29, 0.717) is 0 Å². The molecule has 0 bridgehead atoms. The van der Waals surface area contributed by atoms with Gasteiger partial charge in [-0.05, 0) is 19.4 Å². The molecule has 8 heavy (non-hydrogen) atoms. The van der Waals surface area contributed by atoms with Gasteiger partial charge < -0.3 is 5.73 Å². The molecule has 0 amide bonds. The Morgan fingerprint density at radius 1 is 1.50 bits per heavy atom. The lowest BCUT2D eigenvalue weighted by atomic mass is 10.3. The third-order valence-corrected chi connectivity index (χ3v) is 0.945. The fraction of sp³-hybridized carbons (Fsp3) is 0.500. The number of aliphatic imine (C=N–C) groups is 1. The van der Waals surface area contributed by atoms with E-state index in [9.17, 15) is 0 Å². The van der Waals surface area contributed by atoms with Crippen molar-refractivity contribution in [2.45, 2.75) is 13.8 Å². The molecular weight excluding hydrogens is 100 g/mol. The Morgan fingerprint density at radius 3 is 2.12 bits per heavy atom. The molecule has 0 fully saturated rings. The van der Waals surface area contributed by atoms with Crippen molar-refractivity contribution in [2.24, 2.45) is 10.7 Å². The first-order chi connectivity index (χ1) is 3.68. The van der Waals surface area contributed by atoms with E-state index in [1.807, 2.05) is 13.8 Å². The Hall–Kier alpha value is -0.790. The molecule has 0 aliphatic rings. The Bertz CT molecular complexity index is 118. The summed E-state index contributed by atoms with van der Waals surface area (Å²) in [5, 5.41) is 0. The third-order valence-electron chi connectivity index (χ3n) is 0.945. The van der Waals surface area contributed by atoms with Crippen LogP contribution < -0.4 is 5.73 Å². The second-order valence-electron chi connectivity index (χ2n) is 1.75. The first-order valence-corrected chi connectivity index (χ1v) is 2.53. The number of nitrogens with zero attached hydrogens (tertiary/aromatic N) is 1. The lowest BCUT2D eigenvalue weighted by Gasteiger charge is -1.91. The molecule has 0 aromatic carbocycles. The van der Waals surface area contributed by atoms with E-state index >= 15 is 0 Å². The minimum absolute atomic E-state index is 0.829. The Labute approximate surface area is 50.1 Å². The molecule has 0 saturated heterocycles. The summed E-state index contributed by atoms with van der Waals surface area (Å²) in [4.78, 5) is 3.79. The molecule has 0 atom stereocenters. The lowest BCUT2D eigenvalue weighted by Crippen LogP contribution is -1.95. The summed E-state index contributed by atoms with van der Waals surface area (Å²) in [5.74, 6) is 0. The van der Waals surface area contributed by atoms with Crippen LogP contribution in [0.25, 0.3) is 0 Å². The molecule has 0 aliphatic heterocycles. The average molecular weight is 112 g/mol. The van der Waals surface area contributed by atoms with E-state index in [4.69, 9.17) is 5.73 Å². The molecule has 46 valence electrons. The zero-order valence-corrected chi connectivity index (χ0v) is 5.60. The molecule has 0 aliphatic carbocycles. The summed E-state index contributed by atoms with van der Waals surface area (Å²) in [5.41, 5.74) is 7.27. The molecule has 2 nitrogen and oxygen atoms in total. The predicted molar refractivity (Wildman–Crippen MR) is 37.0 cm³/mol. The maximum atomic E-state index is 5.41. The number of hydrogen-bond acceptors (Lipinski definition) is 2. The van der Waals surface area contributed by atoms with Gasteiger partial charge in [0.25, 0.3) is 0 Å². The molecule has 0 aromatic rings. The van der Waals surface area contributed by atoms with E-state index in [1.54, 1.807) is 13.3 Å². The van der Waals surface area contributed by atoms with Crippen LogP contribution in [0, 0.1) is 0 Å². The van der Waals surface area contributed by atoms with Crippen LogP contribution in [0.2, 0.25) is 0 Å². The molecule has 0 rings (SSSR count). The Kier molecular flexibility index (Phi) is 2.92. The molecule has 2 heteroatoms. The highest BCUT2D eigenvalue weighted by atomic mass is 14.6. The van der Waals surface area contributed by atoms with Gasteiger partial charge in [0.2, 0.25) is 0 Å². The molecule has 0 saturated carbocycles. The molecule has 0 heterocycles. The van der Waals surface area contributed by atoms with Crippen molar-refractivity contribution in [1.82, 2.24) is 0 Å². The highest BCUT2D eigenvalue weighted by molar-refractivity contribution is 5.78. The molecule has 0 radical (unpaired) electrons. The summed E-state index contributed by atoms with van der Waals surface area (Å²) in [7, 11) is 1.73. The fourth-order valence-corrected chi connectivity index (χ4v) is 0.295. The zero-order chi connectivity index (χ0) is 6.57. The monoisotopic (exact) mass is 112 g/mol. The van der Waals surface area contributed by atoms with Crippen molar-refractivity contribution in [3.63, 3.8) is 0 Å². The standard InChI is InChI=1S/C6H12N2/c1-5(4-8-3)6(2)7/h4H,7H2,1-3H3/b6-5-,8-4?. The van der Waals surface area contributed by atoms with Crippen molar-refractivity contribution in [2.75, 3.05) is 7.05 Å². The van der Waals surface area contributed by atoms with Gasteiger partial charge in [0, 0.05) is 19.0 Å². The first kappa shape index (κ1) is 7.21. The van der Waals surface area contributed by atoms with Crippen molar-refractivity contribution in [3.8, 4) is 0 Å². The van der Waals surface area contributed by atoms with Crippen LogP contribution in [-0.2, 0) is 0 Å². The summed E-state index contributed by atoms with van der Waals surface area (Å²) in [6, 6.07) is 0. The maximum absolute atomic E-state index is 5.41. The van der Waals surface area contributed by atoms with E-state index in [0.717, 1.165) is 11.3 Å². The molecule has 0 spiro atoms. The van der Waals surface area contributed by atoms with Gasteiger partial charge in [-0.3, -0.25) is 4.99 Å². The Balaban J connectivity index is 4.00. The van der Waals surface area contributed by atoms with E-state index in [-0.39, 0.29) is 0 Å². The van der Waals surface area contributed by atoms with E-state index < -0.39 is 0 Å². The topological polar surface area (TPSA) is 38.4 Å². The van der Waals surface area contributed by atoms with Gasteiger partial charge in [0.05, 0.1) is 0 Å². The van der Waals surface area contributed by atoms with Crippen LogP contribution in [0.1, 0.15) is 13.8 Å². The van der Waals surface area contributed by atoms with Gasteiger partial charge in [-0.25, -0.2) is 0 Å². The van der Waals surface area contributed by atoms with Crippen molar-refractivity contribution in [3.05, 3.63) is 11.3 Å². The maximum Gasteiger partial charge on any atom is 0.0277 e. The molecule has 0 aromatic heterocycles. The summed E-state index contributed by atoms with van der Waals surface area (Å²) >= 11 is 0. The summed E-state index contributed by atoms with van der Waals surface area (Å²) in [6.45, 7) is 3.79. The number of nitrogens with two attached hydrogens (primary N) is 1. The van der Waals surface area contributed by atoms with Crippen LogP contribution in [-0.4, -0.2) is 13.3 Å². The highest BCUT2D eigenvalue weighted by Gasteiger charge is 1.82. The van der Waals surface area contributed by atoms with Gasteiger partial charge in [0.1, 0.15) is 0 Å². The van der Waals surface area contributed by atoms with Crippen molar-refractivity contribution in [1.29, 1.82) is 0 Å². The van der Waals surface area contributed by atoms with E-state index in [1.165, 1.54) is 0 Å².